The Balaban J connectivity index is 1.13. The zero-order valence-corrected chi connectivity index (χ0v) is 33.9. The molecule has 0 radical (unpaired) electrons. The van der Waals surface area contributed by atoms with Gasteiger partial charge in [-0.2, -0.15) is 0 Å². The molecular weight excluding hydrogens is 665 g/mol. The van der Waals surface area contributed by atoms with Gasteiger partial charge >= 0.3 is 11.9 Å². The predicted octanol–water partition coefficient (Wildman–Crippen LogP) is 8.17. The van der Waals surface area contributed by atoms with Crippen LogP contribution >= 0.6 is 0 Å². The van der Waals surface area contributed by atoms with E-state index < -0.39 is 28.8 Å². The van der Waals surface area contributed by atoms with Crippen LogP contribution in [0.25, 0.3) is 0 Å². The van der Waals surface area contributed by atoms with Crippen LogP contribution in [0.4, 0.5) is 0 Å². The second-order valence-electron chi connectivity index (χ2n) is 20.6. The lowest BCUT2D eigenvalue weighted by atomic mass is 9.33. The number of carboxylic acid groups (broad SMARTS) is 1. The second-order valence-corrected chi connectivity index (χ2v) is 20.6. The highest BCUT2D eigenvalue weighted by atomic mass is 16.5. The first kappa shape index (κ1) is 38.7. The number of nitrogens with zero attached hydrogens (tertiary/aromatic N) is 1. The number of nitrogens with one attached hydrogen (secondary N) is 1. The normalized spacial score (nSPS) is 41.8. The van der Waals surface area contributed by atoms with Gasteiger partial charge in [-0.25, -0.2) is 0 Å². The molecule has 1 aromatic rings. The summed E-state index contributed by atoms with van der Waals surface area (Å²) in [6.07, 6.45) is 9.71. The van der Waals surface area contributed by atoms with Crippen molar-refractivity contribution in [2.24, 2.45) is 68.0 Å². The number of Topliss-reactive ketones (excluding diaryl/α,β-unsaturated/α-hetero) is 1. The van der Waals surface area contributed by atoms with Crippen molar-refractivity contribution in [2.45, 2.75) is 145 Å². The van der Waals surface area contributed by atoms with Gasteiger partial charge in [0.05, 0.1) is 23.6 Å². The summed E-state index contributed by atoms with van der Waals surface area (Å²) in [6, 6.07) is 5.88. The first-order valence-electron chi connectivity index (χ1n) is 20.8. The third-order valence-corrected chi connectivity index (χ3v) is 17.5. The molecule has 5 saturated carbocycles. The van der Waals surface area contributed by atoms with Gasteiger partial charge in [-0.1, -0.05) is 74.0 Å². The molecule has 8 heteroatoms. The van der Waals surface area contributed by atoms with Gasteiger partial charge in [0.25, 0.3) is 0 Å². The average Bonchev–Trinajstić information content (AvgIpc) is 3.39. The number of ketones is 1. The van der Waals surface area contributed by atoms with E-state index in [0.29, 0.717) is 37.8 Å². The number of aliphatic hydroxyl groups excluding tert-OH is 1. The van der Waals surface area contributed by atoms with Gasteiger partial charge in [0.15, 0.2) is 5.78 Å². The largest absolute Gasteiger partial charge is 0.481 e. The molecule has 8 nitrogen and oxygen atoms in total. The van der Waals surface area contributed by atoms with Gasteiger partial charge in [0.1, 0.15) is 6.10 Å². The molecule has 6 aliphatic rings. The molecule has 1 aromatic heterocycles. The smallest absolute Gasteiger partial charge is 0.309 e. The van der Waals surface area contributed by atoms with Crippen LogP contribution < -0.4 is 5.32 Å². The third-order valence-electron chi connectivity index (χ3n) is 17.5. The number of carbonyl (C=O) groups is 3. The van der Waals surface area contributed by atoms with E-state index in [1.54, 1.807) is 6.20 Å². The molecule has 6 aliphatic carbocycles. The molecule has 1 heterocycles. The Morgan fingerprint density at radius 2 is 1.64 bits per heavy atom. The predicted molar refractivity (Wildman–Crippen MR) is 204 cm³/mol. The van der Waals surface area contributed by atoms with E-state index in [1.807, 2.05) is 32.0 Å². The number of carboxylic acids is 1. The van der Waals surface area contributed by atoms with E-state index in [4.69, 9.17) is 4.74 Å². The SMILES string of the molecule is CC(C)C1=C2[C@H]3CC[C@@H]4[C@@]5(C)CC[C@H](OC(=O)[C@H]6C[C@@H](C(=O)O)C6(C)C)C(C)(C)[C@@H]5CC[C@@]4(C)[C@]3(C)CC[C@@]2([C@@H](O)CNCc2ccccn2)CC1=O. The van der Waals surface area contributed by atoms with Crippen molar-refractivity contribution in [3.63, 3.8) is 0 Å². The fourth-order valence-electron chi connectivity index (χ4n) is 14.3. The molecule has 11 atom stereocenters. The Morgan fingerprint density at radius 1 is 0.906 bits per heavy atom. The molecule has 0 saturated heterocycles. The second kappa shape index (κ2) is 13.0. The zero-order valence-electron chi connectivity index (χ0n) is 33.9. The van der Waals surface area contributed by atoms with Gasteiger partial charge < -0.3 is 20.3 Å². The Labute approximate surface area is 317 Å². The van der Waals surface area contributed by atoms with Crippen molar-refractivity contribution in [3.05, 3.63) is 41.2 Å². The first-order valence-corrected chi connectivity index (χ1v) is 20.8. The molecule has 0 spiro atoms. The van der Waals surface area contributed by atoms with Crippen LogP contribution in [0, 0.1) is 68.0 Å². The molecule has 5 fully saturated rings. The van der Waals surface area contributed by atoms with Crippen LogP contribution in [0.1, 0.15) is 132 Å². The van der Waals surface area contributed by atoms with Gasteiger partial charge in [-0.15, -0.1) is 0 Å². The number of pyridine rings is 1. The van der Waals surface area contributed by atoms with E-state index in [0.717, 1.165) is 62.6 Å². The van der Waals surface area contributed by atoms with E-state index in [1.165, 1.54) is 5.57 Å². The topological polar surface area (TPSA) is 126 Å². The van der Waals surface area contributed by atoms with Crippen molar-refractivity contribution in [3.8, 4) is 0 Å². The highest BCUT2D eigenvalue weighted by Gasteiger charge is 2.71. The lowest BCUT2D eigenvalue weighted by Gasteiger charge is -2.72. The van der Waals surface area contributed by atoms with E-state index in [9.17, 15) is 24.6 Å². The summed E-state index contributed by atoms with van der Waals surface area (Å²) in [5.41, 5.74) is 2.06. The van der Waals surface area contributed by atoms with Crippen LogP contribution in [0.2, 0.25) is 0 Å². The van der Waals surface area contributed by atoms with Gasteiger partial charge in [0.2, 0.25) is 0 Å². The number of aromatic nitrogens is 1. The number of esters is 1. The van der Waals surface area contributed by atoms with Gasteiger partial charge in [0, 0.05) is 36.5 Å². The summed E-state index contributed by atoms with van der Waals surface area (Å²) in [4.78, 5) is 43.8. The maximum atomic E-state index is 14.0. The van der Waals surface area contributed by atoms with E-state index >= 15 is 0 Å². The minimum absolute atomic E-state index is 0.00145. The molecular formula is C45H66N2O6. The monoisotopic (exact) mass is 730 g/mol. The highest BCUT2D eigenvalue weighted by molar-refractivity contribution is 6.00. The highest BCUT2D eigenvalue weighted by Crippen LogP contribution is 2.77. The minimum Gasteiger partial charge on any atom is -0.481 e. The molecule has 7 rings (SSSR count). The number of fused-ring (bicyclic) bond motifs is 7. The lowest BCUT2D eigenvalue weighted by Crippen LogP contribution is -2.66. The van der Waals surface area contributed by atoms with Crippen molar-refractivity contribution < 1.29 is 29.3 Å². The number of ether oxygens (including phenoxy) is 1. The summed E-state index contributed by atoms with van der Waals surface area (Å²) < 4.78 is 6.41. The number of aliphatic hydroxyl groups is 1. The van der Waals surface area contributed by atoms with Crippen molar-refractivity contribution in [1.82, 2.24) is 10.3 Å². The molecule has 0 bridgehead atoms. The number of aliphatic carboxylic acids is 1. The van der Waals surface area contributed by atoms with E-state index in [2.05, 4.69) is 58.8 Å². The molecule has 0 aromatic carbocycles. The van der Waals surface area contributed by atoms with Crippen molar-refractivity contribution >= 4 is 17.7 Å². The summed E-state index contributed by atoms with van der Waals surface area (Å²) in [5.74, 6) is -0.407. The van der Waals surface area contributed by atoms with Crippen LogP contribution in [0.3, 0.4) is 0 Å². The van der Waals surface area contributed by atoms with Gasteiger partial charge in [-0.05, 0) is 121 Å². The maximum Gasteiger partial charge on any atom is 0.309 e. The summed E-state index contributed by atoms with van der Waals surface area (Å²) >= 11 is 0. The molecule has 53 heavy (non-hydrogen) atoms. The fraction of sp³-hybridized carbons (Fsp3) is 0.778. The zero-order chi connectivity index (χ0) is 38.5. The standard InChI is InChI=1S/C45H66N2O6/c1-26(2)36-31(48)23-45(34(49)25-46-24-27-12-10-11-21-47-27)20-19-43(8)28(37(36)45)13-14-33-42(7)17-16-35(41(5,6)32(42)15-18-44(33,43)9)53-39(52)30-22-29(38(50)51)40(30,3)4/h10-12,21,26,28-30,32-35,46,49H,13-20,22-25H2,1-9H3,(H,50,51)/t28-,29+,30-,32+,33-,34+,35+,42+,43-,44-,45+/m1/s1. The maximum absolute atomic E-state index is 14.0. The molecule has 0 amide bonds. The number of hydrogen-bond acceptors (Lipinski definition) is 7. The molecule has 0 aliphatic heterocycles. The molecule has 292 valence electrons. The van der Waals surface area contributed by atoms with Crippen LogP contribution in [-0.2, 0) is 25.7 Å². The Morgan fingerprint density at radius 3 is 2.28 bits per heavy atom. The quantitative estimate of drug-likeness (QED) is 0.217. The number of rotatable bonds is 9. The summed E-state index contributed by atoms with van der Waals surface area (Å²) in [6.45, 7) is 21.4. The van der Waals surface area contributed by atoms with Crippen molar-refractivity contribution in [1.29, 1.82) is 0 Å². The average molecular weight is 731 g/mol. The third kappa shape index (κ3) is 5.56. The number of allylic oxidation sites excluding steroid dienone is 1. The van der Waals surface area contributed by atoms with Crippen molar-refractivity contribution in [2.75, 3.05) is 6.54 Å². The Bertz CT molecular complexity index is 1670. The minimum atomic E-state index is -0.828. The van der Waals surface area contributed by atoms with E-state index in [-0.39, 0.29) is 57.3 Å². The fourth-order valence-corrected chi connectivity index (χ4v) is 14.3. The Hall–Kier alpha value is -2.58. The van der Waals surface area contributed by atoms with Crippen LogP contribution in [0.15, 0.2) is 35.5 Å². The van der Waals surface area contributed by atoms with Crippen LogP contribution in [0.5, 0.6) is 0 Å². The molecule has 0 unspecified atom stereocenters. The number of carbonyl (C=O) groups excluding carboxylic acids is 2. The summed E-state index contributed by atoms with van der Waals surface area (Å²) in [5, 5.41) is 25.3. The molecule has 3 N–H and O–H groups in total. The Kier molecular flexibility index (Phi) is 9.49. The summed E-state index contributed by atoms with van der Waals surface area (Å²) in [7, 11) is 0. The van der Waals surface area contributed by atoms with Crippen LogP contribution in [-0.4, -0.2) is 51.7 Å². The first-order chi connectivity index (χ1) is 24.8. The van der Waals surface area contributed by atoms with Gasteiger partial charge in [-0.3, -0.25) is 19.4 Å². The number of hydrogen-bond donors (Lipinski definition) is 3. The lowest BCUT2D eigenvalue weighted by molar-refractivity contribution is -0.238.